The van der Waals surface area contributed by atoms with E-state index in [9.17, 15) is 15.0 Å². The van der Waals surface area contributed by atoms with Crippen LogP contribution in [0, 0.1) is 23.7 Å². The lowest BCUT2D eigenvalue weighted by Gasteiger charge is -2.36. The van der Waals surface area contributed by atoms with Gasteiger partial charge in [0.1, 0.15) is 5.75 Å². The number of hydrogen-bond acceptors (Lipinski definition) is 6. The monoisotopic (exact) mass is 459 g/mol. The predicted molar refractivity (Wildman–Crippen MR) is 129 cm³/mol. The zero-order valence-electron chi connectivity index (χ0n) is 19.2. The number of methoxy groups -OCH3 is 1. The van der Waals surface area contributed by atoms with Crippen LogP contribution >= 0.6 is 0 Å². The number of aliphatic hydroxyl groups is 1. The van der Waals surface area contributed by atoms with Crippen LogP contribution in [-0.4, -0.2) is 57.8 Å². The number of nitrogens with zero attached hydrogens (tertiary/aromatic N) is 3. The minimum absolute atomic E-state index is 0.0114. The highest BCUT2D eigenvalue weighted by Gasteiger charge is 2.34. The number of pyridine rings is 2. The van der Waals surface area contributed by atoms with E-state index in [4.69, 9.17) is 4.74 Å². The molecule has 1 fully saturated rings. The van der Waals surface area contributed by atoms with Crippen molar-refractivity contribution in [3.05, 3.63) is 66.1 Å². The Hall–Kier alpha value is -3.47. The van der Waals surface area contributed by atoms with Gasteiger partial charge in [0.2, 0.25) is 0 Å². The first-order valence-electron chi connectivity index (χ1n) is 11.5. The Labute approximate surface area is 199 Å². The van der Waals surface area contributed by atoms with Gasteiger partial charge in [-0.3, -0.25) is 19.7 Å². The predicted octanol–water partition coefficient (Wildman–Crippen LogP) is 3.53. The average molecular weight is 460 g/mol. The Morgan fingerprint density at radius 3 is 2.94 bits per heavy atom. The smallest absolute Gasteiger partial charge is 0.308 e. The molecule has 4 rings (SSSR count). The van der Waals surface area contributed by atoms with Crippen LogP contribution in [0.1, 0.15) is 36.5 Å². The van der Waals surface area contributed by atoms with Crippen molar-refractivity contribution in [2.24, 2.45) is 11.8 Å². The molecule has 0 unspecified atom stereocenters. The highest BCUT2D eigenvalue weighted by molar-refractivity contribution is 5.83. The summed E-state index contributed by atoms with van der Waals surface area (Å²) in [7, 11) is 1.61. The number of ether oxygens (including phenoxy) is 1. The Kier molecular flexibility index (Phi) is 7.73. The van der Waals surface area contributed by atoms with Crippen LogP contribution in [0.25, 0.3) is 10.9 Å². The maximum Gasteiger partial charge on any atom is 0.308 e. The summed E-state index contributed by atoms with van der Waals surface area (Å²) in [6.07, 6.45) is 6.31. The normalized spacial score (nSPS) is 19.2. The molecular formula is C27H29N3O4. The molecule has 1 aliphatic heterocycles. The topological polar surface area (TPSA) is 95.8 Å². The Bertz CT molecular complexity index is 1190. The number of carbonyl (C=O) groups is 1. The fourth-order valence-corrected chi connectivity index (χ4v) is 4.62. The molecule has 0 aliphatic carbocycles. The van der Waals surface area contributed by atoms with E-state index in [0.717, 1.165) is 35.0 Å². The molecule has 3 aromatic rings. The van der Waals surface area contributed by atoms with Gasteiger partial charge in [0.05, 0.1) is 31.2 Å². The number of carboxylic acids is 1. The number of rotatable bonds is 7. The van der Waals surface area contributed by atoms with Crippen LogP contribution in [-0.2, 0) is 4.79 Å². The lowest BCUT2D eigenvalue weighted by molar-refractivity contribution is -0.146. The summed E-state index contributed by atoms with van der Waals surface area (Å²) >= 11 is 0. The van der Waals surface area contributed by atoms with Crippen molar-refractivity contribution < 1.29 is 19.7 Å². The van der Waals surface area contributed by atoms with Crippen LogP contribution in [0.5, 0.6) is 5.75 Å². The first-order valence-corrected chi connectivity index (χ1v) is 11.5. The molecular weight excluding hydrogens is 430 g/mol. The molecule has 3 heterocycles. The maximum absolute atomic E-state index is 12.0. The second kappa shape index (κ2) is 11.1. The van der Waals surface area contributed by atoms with Crippen LogP contribution in [0.15, 0.2) is 55.0 Å². The van der Waals surface area contributed by atoms with Gasteiger partial charge < -0.3 is 14.9 Å². The number of aromatic nitrogens is 2. The van der Waals surface area contributed by atoms with E-state index >= 15 is 0 Å². The zero-order valence-corrected chi connectivity index (χ0v) is 19.2. The maximum atomic E-state index is 12.0. The third kappa shape index (κ3) is 5.71. The summed E-state index contributed by atoms with van der Waals surface area (Å²) in [6.45, 7) is 1.79. The third-order valence-electron chi connectivity index (χ3n) is 6.51. The van der Waals surface area contributed by atoms with Crippen molar-refractivity contribution in [3.63, 3.8) is 0 Å². The number of hydrogen-bond donors (Lipinski definition) is 2. The Balaban J connectivity index is 1.38. The quantitative estimate of drug-likeness (QED) is 0.522. The van der Waals surface area contributed by atoms with Gasteiger partial charge in [0.15, 0.2) is 0 Å². The highest BCUT2D eigenvalue weighted by Crippen LogP contribution is 2.33. The molecule has 3 atom stereocenters. The summed E-state index contributed by atoms with van der Waals surface area (Å²) in [5.74, 6) is 5.66. The molecule has 2 aromatic heterocycles. The van der Waals surface area contributed by atoms with Gasteiger partial charge in [0.25, 0.3) is 0 Å². The lowest BCUT2D eigenvalue weighted by Crippen LogP contribution is -2.44. The summed E-state index contributed by atoms with van der Waals surface area (Å²) in [6, 6.07) is 11.2. The van der Waals surface area contributed by atoms with Crippen molar-refractivity contribution >= 4 is 16.9 Å². The van der Waals surface area contributed by atoms with Gasteiger partial charge in [-0.2, -0.15) is 0 Å². The molecule has 0 radical (unpaired) electrons. The second-order valence-corrected chi connectivity index (χ2v) is 8.65. The fourth-order valence-electron chi connectivity index (χ4n) is 4.62. The Morgan fingerprint density at radius 2 is 2.18 bits per heavy atom. The number of aliphatic carboxylic acids is 1. The van der Waals surface area contributed by atoms with Gasteiger partial charge in [-0.25, -0.2) is 0 Å². The SMILES string of the molecule is COc1ccc2nccc([C@@H](O)CC[C@@H]3CCN(CC#Cc4cccnc4)C[C@@H]3C(=O)O)c2c1. The number of benzene rings is 1. The number of carboxylic acid groups (broad SMARTS) is 1. The van der Waals surface area contributed by atoms with Gasteiger partial charge >= 0.3 is 5.97 Å². The molecule has 0 amide bonds. The van der Waals surface area contributed by atoms with Crippen LogP contribution in [0.2, 0.25) is 0 Å². The van der Waals surface area contributed by atoms with Gasteiger partial charge in [-0.05, 0) is 73.7 Å². The first kappa shape index (κ1) is 23.7. The minimum atomic E-state index is -0.788. The molecule has 176 valence electrons. The van der Waals surface area contributed by atoms with E-state index in [0.29, 0.717) is 31.7 Å². The molecule has 2 N–H and O–H groups in total. The van der Waals surface area contributed by atoms with Gasteiger partial charge in [-0.15, -0.1) is 0 Å². The van der Waals surface area contributed by atoms with E-state index in [1.54, 1.807) is 25.7 Å². The standard InChI is InChI=1S/C27H29N3O4/c1-34-21-7-8-25-23(16-21)22(10-13-29-25)26(31)9-6-20-11-15-30(18-24(20)27(32)33)14-3-5-19-4-2-12-28-17-19/h2,4,7-8,10,12-13,16-17,20,24,26,31H,6,9,11,14-15,18H2,1H3,(H,32,33)/t20-,24+,26+/m1/s1. The highest BCUT2D eigenvalue weighted by atomic mass is 16.5. The average Bonchev–Trinajstić information content (AvgIpc) is 2.87. The second-order valence-electron chi connectivity index (χ2n) is 8.65. The minimum Gasteiger partial charge on any atom is -0.497 e. The van der Waals surface area contributed by atoms with E-state index in [1.807, 2.05) is 36.4 Å². The summed E-state index contributed by atoms with van der Waals surface area (Å²) in [5, 5.41) is 21.7. The zero-order chi connectivity index (χ0) is 23.9. The van der Waals surface area contributed by atoms with Crippen LogP contribution in [0.3, 0.4) is 0 Å². The van der Waals surface area contributed by atoms with Crippen molar-refractivity contribution in [1.29, 1.82) is 0 Å². The molecule has 1 aliphatic rings. The van der Waals surface area contributed by atoms with Crippen LogP contribution < -0.4 is 4.74 Å². The molecule has 0 bridgehead atoms. The molecule has 7 heteroatoms. The molecule has 0 saturated carbocycles. The molecule has 0 spiro atoms. The molecule has 1 aromatic carbocycles. The van der Waals surface area contributed by atoms with Crippen molar-refractivity contribution in [1.82, 2.24) is 14.9 Å². The largest absolute Gasteiger partial charge is 0.497 e. The molecule has 34 heavy (non-hydrogen) atoms. The van der Waals surface area contributed by atoms with Crippen LogP contribution in [0.4, 0.5) is 0 Å². The number of piperidine rings is 1. The fraction of sp³-hybridized carbons (Fsp3) is 0.370. The third-order valence-corrected chi connectivity index (χ3v) is 6.51. The van der Waals surface area contributed by atoms with E-state index < -0.39 is 18.0 Å². The van der Waals surface area contributed by atoms with Crippen molar-refractivity contribution in [3.8, 4) is 17.6 Å². The lowest BCUT2D eigenvalue weighted by atomic mass is 9.81. The Morgan fingerprint density at radius 1 is 1.29 bits per heavy atom. The summed E-state index contributed by atoms with van der Waals surface area (Å²) in [4.78, 5) is 22.5. The summed E-state index contributed by atoms with van der Waals surface area (Å²) < 4.78 is 5.32. The number of fused-ring (bicyclic) bond motifs is 1. The van der Waals surface area contributed by atoms with Crippen molar-refractivity contribution in [2.45, 2.75) is 25.4 Å². The number of aliphatic hydroxyl groups excluding tert-OH is 1. The molecule has 1 saturated heterocycles. The summed E-state index contributed by atoms with van der Waals surface area (Å²) in [5.41, 5.74) is 2.43. The molecule has 7 nitrogen and oxygen atoms in total. The number of likely N-dealkylation sites (tertiary alicyclic amines) is 1. The van der Waals surface area contributed by atoms with Gasteiger partial charge in [0, 0.05) is 36.1 Å². The van der Waals surface area contributed by atoms with E-state index in [2.05, 4.69) is 26.7 Å². The van der Waals surface area contributed by atoms with Gasteiger partial charge in [-0.1, -0.05) is 11.8 Å². The van der Waals surface area contributed by atoms with Crippen molar-refractivity contribution in [2.75, 3.05) is 26.7 Å². The van der Waals surface area contributed by atoms with E-state index in [1.165, 1.54) is 0 Å². The van der Waals surface area contributed by atoms with E-state index in [-0.39, 0.29) is 5.92 Å². The first-order chi connectivity index (χ1) is 16.5.